The summed E-state index contributed by atoms with van der Waals surface area (Å²) in [6.07, 6.45) is 2.17. The Morgan fingerprint density at radius 1 is 1.50 bits per heavy atom. The van der Waals surface area contributed by atoms with Crippen LogP contribution in [0.4, 0.5) is 0 Å². The van der Waals surface area contributed by atoms with E-state index in [0.29, 0.717) is 0 Å². The van der Waals surface area contributed by atoms with Gasteiger partial charge in [-0.2, -0.15) is 0 Å². The minimum absolute atomic E-state index is 0.176. The lowest BCUT2D eigenvalue weighted by Gasteiger charge is -1.79. The third-order valence-electron chi connectivity index (χ3n) is 0.737. The van der Waals surface area contributed by atoms with E-state index >= 15 is 0 Å². The van der Waals surface area contributed by atoms with Crippen LogP contribution >= 0.6 is 0 Å². The molecule has 0 atom stereocenters. The van der Waals surface area contributed by atoms with E-state index in [1.165, 1.54) is 13.3 Å². The number of carboxylic acid groups (broad SMARTS) is 1. The molecule has 0 saturated carbocycles. The predicted octanol–water partition coefficient (Wildman–Crippen LogP) is 1.97. The quantitative estimate of drug-likeness (QED) is 0.547. The van der Waals surface area contributed by atoms with Gasteiger partial charge in [-0.1, -0.05) is 33.7 Å². The van der Waals surface area contributed by atoms with Crippen molar-refractivity contribution in [3.05, 3.63) is 12.2 Å². The molecule has 0 unspecified atom stereocenters. The van der Waals surface area contributed by atoms with E-state index < -0.39 is 5.97 Å². The highest BCUT2D eigenvalue weighted by molar-refractivity contribution is 6.93. The fourth-order valence-electron chi connectivity index (χ4n) is 0.136. The summed E-state index contributed by atoms with van der Waals surface area (Å²) in [7, 11) is 8.61. The summed E-state index contributed by atoms with van der Waals surface area (Å²) in [6, 6.07) is 0. The molecule has 5 heteroatoms. The monoisotopic (exact) mass is 192 g/mol. The largest absolute Gasteiger partial charge is 0.478 e. The van der Waals surface area contributed by atoms with Crippen molar-refractivity contribution in [1.29, 1.82) is 0 Å². The summed E-state index contributed by atoms with van der Waals surface area (Å²) in [6.45, 7) is 10.8. The fraction of sp³-hybridized carbons (Fsp3) is 0.667. The highest BCUT2D eigenvalue weighted by atomic mass is 16.4. The molecule has 76 valence electrons. The van der Waals surface area contributed by atoms with Gasteiger partial charge in [-0.15, -0.1) is 6.22 Å². The zero-order valence-corrected chi connectivity index (χ0v) is 9.71. The maximum absolute atomic E-state index is 9.60. The summed E-state index contributed by atoms with van der Waals surface area (Å²) in [4.78, 5) is 9.60. The van der Waals surface area contributed by atoms with Crippen LogP contribution in [0.25, 0.3) is 0 Å². The van der Waals surface area contributed by atoms with Crippen molar-refractivity contribution >= 4 is 28.2 Å². The van der Waals surface area contributed by atoms with Gasteiger partial charge in [0, 0.05) is 20.5 Å². The van der Waals surface area contributed by atoms with E-state index in [9.17, 15) is 4.79 Å². The fourth-order valence-corrected chi connectivity index (χ4v) is 0.136. The normalized spacial score (nSPS) is 6.86. The molecule has 0 fully saturated rings. The Kier molecular flexibility index (Phi) is 24.8. The number of rotatable bonds is 3. The van der Waals surface area contributed by atoms with Gasteiger partial charge >= 0.3 is 5.97 Å². The molecule has 1 N–H and O–H groups in total. The van der Waals surface area contributed by atoms with Crippen molar-refractivity contribution in [1.82, 2.24) is 0 Å². The van der Waals surface area contributed by atoms with E-state index in [2.05, 4.69) is 20.4 Å². The number of carboxylic acids is 1. The molecule has 0 amide bonds. The lowest BCUT2D eigenvalue weighted by molar-refractivity contribution is -0.132. The van der Waals surface area contributed by atoms with E-state index in [1.54, 1.807) is 7.17 Å². The molecular weight excluding hydrogens is 173 g/mol. The first kappa shape index (κ1) is 19.1. The maximum Gasteiger partial charge on any atom is 0.330 e. The lowest BCUT2D eigenvalue weighted by atomic mass is 9.44. The number of hydrogen-bond donors (Lipinski definition) is 1. The summed E-state index contributed by atoms with van der Waals surface area (Å²) >= 11 is 0. The summed E-state index contributed by atoms with van der Waals surface area (Å²) in [5.41, 5.74) is 0.176. The molecule has 0 rings (SSSR count). The number of aliphatic carboxylic acids is 1. The zero-order chi connectivity index (χ0) is 12.0. The van der Waals surface area contributed by atoms with Crippen LogP contribution in [0, 0.1) is 0 Å². The molecule has 0 spiro atoms. The van der Waals surface area contributed by atoms with Crippen LogP contribution in [0.1, 0.15) is 27.2 Å². The number of carbonyl (C=O) groups is 1. The van der Waals surface area contributed by atoms with Crippen LogP contribution in [0.5, 0.6) is 0 Å². The molecule has 14 heavy (non-hydrogen) atoms. The van der Waals surface area contributed by atoms with Gasteiger partial charge in [0.1, 0.15) is 0 Å². The average Bonchev–Trinajstić information content (AvgIpc) is 2.08. The first-order valence-electron chi connectivity index (χ1n) is 4.67. The first-order chi connectivity index (χ1) is 6.47. The van der Waals surface area contributed by atoms with E-state index in [-0.39, 0.29) is 5.57 Å². The van der Waals surface area contributed by atoms with Crippen molar-refractivity contribution in [3.63, 3.8) is 0 Å². The van der Waals surface area contributed by atoms with Gasteiger partial charge in [0.15, 0.2) is 0 Å². The predicted molar refractivity (Wildman–Crippen MR) is 66.3 cm³/mol. The van der Waals surface area contributed by atoms with Crippen molar-refractivity contribution in [2.45, 2.75) is 40.2 Å². The van der Waals surface area contributed by atoms with Crippen LogP contribution in [-0.4, -0.2) is 33.3 Å². The Labute approximate surface area is 91.0 Å². The minimum Gasteiger partial charge on any atom is -0.478 e. The van der Waals surface area contributed by atoms with Gasteiger partial charge in [-0.05, 0) is 6.92 Å². The van der Waals surface area contributed by atoms with Gasteiger partial charge < -0.3 is 5.11 Å². The lowest BCUT2D eigenvalue weighted by Crippen LogP contribution is -1.92. The van der Waals surface area contributed by atoms with E-state index in [4.69, 9.17) is 12.8 Å². The van der Waals surface area contributed by atoms with Gasteiger partial charge in [-0.3, -0.25) is 0 Å². The molecule has 0 aromatic carbocycles. The minimum atomic E-state index is -0.935. The zero-order valence-electron chi connectivity index (χ0n) is 9.71. The molecule has 0 aliphatic heterocycles. The molecule has 0 heterocycles. The second-order valence-electron chi connectivity index (χ2n) is 2.67. The third-order valence-corrected chi connectivity index (χ3v) is 0.737. The number of hydrogen-bond acceptors (Lipinski definition) is 1. The molecule has 0 aromatic heterocycles. The van der Waals surface area contributed by atoms with Crippen LogP contribution in [0.3, 0.4) is 0 Å². The molecule has 0 aromatic rings. The van der Waals surface area contributed by atoms with E-state index in [1.807, 2.05) is 14.1 Å². The molecule has 4 radical (unpaired) electrons. The third kappa shape index (κ3) is 42.3. The summed E-state index contributed by atoms with van der Waals surface area (Å²) < 4.78 is 0. The van der Waals surface area contributed by atoms with Crippen molar-refractivity contribution in [2.24, 2.45) is 0 Å². The Morgan fingerprint density at radius 2 is 1.79 bits per heavy atom. The molecule has 2 nitrogen and oxygen atoms in total. The standard InChI is InChI=1S/C4H6O2.C3H8.C2H5B3/c1-3(2)4(5)6;1-3-2;1-4-2-5-3/h1H2,2H3,(H,5,6);3H2,1-2H3;2H2,1H3. The van der Waals surface area contributed by atoms with Gasteiger partial charge in [0.2, 0.25) is 0 Å². The van der Waals surface area contributed by atoms with Crippen molar-refractivity contribution in [2.75, 3.05) is 0 Å². The topological polar surface area (TPSA) is 37.3 Å². The van der Waals surface area contributed by atoms with Crippen LogP contribution in [-0.2, 0) is 4.79 Å². The second-order valence-corrected chi connectivity index (χ2v) is 2.67. The molecule has 0 bridgehead atoms. The maximum atomic E-state index is 9.60. The Balaban J connectivity index is -0.000000138. The Bertz CT molecular complexity index is 124. The molecule has 0 aliphatic rings. The van der Waals surface area contributed by atoms with Gasteiger partial charge in [-0.25, -0.2) is 4.79 Å². The summed E-state index contributed by atoms with van der Waals surface area (Å²) in [5.74, 6) is -0.935. The molecule has 0 saturated heterocycles. The van der Waals surface area contributed by atoms with Crippen molar-refractivity contribution in [3.8, 4) is 0 Å². The Morgan fingerprint density at radius 3 is 1.79 bits per heavy atom. The van der Waals surface area contributed by atoms with Crippen LogP contribution < -0.4 is 0 Å². The smallest absolute Gasteiger partial charge is 0.330 e. The van der Waals surface area contributed by atoms with E-state index in [0.717, 1.165) is 6.22 Å². The van der Waals surface area contributed by atoms with Gasteiger partial charge in [0.25, 0.3) is 0 Å². The molecule has 0 aliphatic carbocycles. The average molecular weight is 192 g/mol. The highest BCUT2D eigenvalue weighted by Crippen LogP contribution is 1.81. The SMILES string of the molecule is C=C(C)C(=O)O.CCC.[B][B]C[B]C. The van der Waals surface area contributed by atoms with Gasteiger partial charge in [0.05, 0.1) is 7.28 Å². The van der Waals surface area contributed by atoms with Crippen LogP contribution in [0.2, 0.25) is 13.0 Å². The Hall–Kier alpha value is -0.595. The first-order valence-corrected chi connectivity index (χ1v) is 4.67. The van der Waals surface area contributed by atoms with Crippen molar-refractivity contribution < 1.29 is 9.90 Å². The summed E-state index contributed by atoms with van der Waals surface area (Å²) in [5, 5.41) is 7.89. The highest BCUT2D eigenvalue weighted by Gasteiger charge is 1.90. The van der Waals surface area contributed by atoms with Crippen LogP contribution in [0.15, 0.2) is 12.2 Å². The molecular formula is C9H19B3O2. The second kappa shape index (κ2) is 18.2.